The Kier molecular flexibility index (Phi) is 3.26. The first-order chi connectivity index (χ1) is 7.18. The molecule has 0 aliphatic carbocycles. The molecule has 1 atom stereocenters. The van der Waals surface area contributed by atoms with Crippen LogP contribution in [0.2, 0.25) is 0 Å². The van der Waals surface area contributed by atoms with Gasteiger partial charge in [-0.3, -0.25) is 0 Å². The lowest BCUT2D eigenvalue weighted by molar-refractivity contribution is 0.377. The third kappa shape index (κ3) is 2.32. The summed E-state index contributed by atoms with van der Waals surface area (Å²) < 4.78 is 14.0. The number of benzene rings is 1. The van der Waals surface area contributed by atoms with Gasteiger partial charge in [-0.1, -0.05) is 22.4 Å². The highest BCUT2D eigenvalue weighted by molar-refractivity contribution is 9.10. The van der Waals surface area contributed by atoms with Gasteiger partial charge in [0.15, 0.2) is 11.6 Å². The molecule has 1 unspecified atom stereocenters. The molecule has 4 heteroatoms. The summed E-state index contributed by atoms with van der Waals surface area (Å²) >= 11 is 3.23. The van der Waals surface area contributed by atoms with Crippen molar-refractivity contribution in [3.63, 3.8) is 0 Å². The van der Waals surface area contributed by atoms with Crippen molar-refractivity contribution in [1.82, 2.24) is 5.32 Å². The lowest BCUT2D eigenvalue weighted by Crippen LogP contribution is -2.26. The number of aromatic hydroxyl groups is 1. The number of phenols is 1. The lowest BCUT2D eigenvalue weighted by atomic mass is 9.97. The second-order valence-electron chi connectivity index (χ2n) is 3.83. The monoisotopic (exact) mass is 273 g/mol. The first-order valence-corrected chi connectivity index (χ1v) is 5.89. The maximum absolute atomic E-state index is 13.3. The van der Waals surface area contributed by atoms with Gasteiger partial charge in [0.05, 0.1) is 0 Å². The molecule has 0 bridgehead atoms. The molecule has 0 saturated carbocycles. The summed E-state index contributed by atoms with van der Waals surface area (Å²) in [5.74, 6) is -0.788. The fourth-order valence-corrected chi connectivity index (χ4v) is 2.42. The normalized spacial score (nSPS) is 21.6. The summed E-state index contributed by atoms with van der Waals surface area (Å²) in [6.07, 6.45) is 3.21. The summed E-state index contributed by atoms with van der Waals surface area (Å²) in [5.41, 5.74) is 0.654. The van der Waals surface area contributed by atoms with Gasteiger partial charge in [-0.05, 0) is 31.5 Å². The Balaban J connectivity index is 2.33. The van der Waals surface area contributed by atoms with Gasteiger partial charge in [0.1, 0.15) is 0 Å². The van der Waals surface area contributed by atoms with Crippen LogP contribution in [-0.4, -0.2) is 11.7 Å². The van der Waals surface area contributed by atoms with E-state index in [0.717, 1.165) is 25.8 Å². The molecule has 0 radical (unpaired) electrons. The van der Waals surface area contributed by atoms with Gasteiger partial charge < -0.3 is 10.4 Å². The van der Waals surface area contributed by atoms with Crippen LogP contribution in [0.4, 0.5) is 4.39 Å². The number of rotatable bonds is 1. The molecule has 1 aromatic rings. The van der Waals surface area contributed by atoms with E-state index < -0.39 is 5.82 Å². The van der Waals surface area contributed by atoms with Crippen LogP contribution >= 0.6 is 15.9 Å². The Labute approximate surface area is 96.6 Å². The van der Waals surface area contributed by atoms with E-state index in [1.807, 2.05) is 0 Å². The predicted octanol–water partition coefficient (Wildman–Crippen LogP) is 3.11. The Hall–Kier alpha value is -0.610. The maximum Gasteiger partial charge on any atom is 0.166 e. The minimum atomic E-state index is -0.563. The zero-order chi connectivity index (χ0) is 10.8. The van der Waals surface area contributed by atoms with Crippen molar-refractivity contribution < 1.29 is 9.50 Å². The van der Waals surface area contributed by atoms with Crippen LogP contribution in [0.25, 0.3) is 0 Å². The Morgan fingerprint density at radius 3 is 2.87 bits per heavy atom. The van der Waals surface area contributed by atoms with E-state index in [1.54, 1.807) is 6.07 Å². The van der Waals surface area contributed by atoms with E-state index in [-0.39, 0.29) is 11.8 Å². The van der Waals surface area contributed by atoms with E-state index in [1.165, 1.54) is 6.07 Å². The van der Waals surface area contributed by atoms with Crippen molar-refractivity contribution in [3.05, 3.63) is 28.0 Å². The Bertz CT molecular complexity index is 364. The number of phenolic OH excluding ortho intramolecular Hbond substituents is 1. The number of piperidine rings is 1. The third-order valence-corrected chi connectivity index (χ3v) is 3.20. The average Bonchev–Trinajstić information content (AvgIpc) is 2.24. The van der Waals surface area contributed by atoms with E-state index in [4.69, 9.17) is 0 Å². The van der Waals surface area contributed by atoms with Crippen LogP contribution in [0, 0.1) is 5.82 Å². The molecule has 2 N–H and O–H groups in total. The smallest absolute Gasteiger partial charge is 0.166 e. The van der Waals surface area contributed by atoms with Crippen LogP contribution in [-0.2, 0) is 0 Å². The number of nitrogens with one attached hydrogen (secondary N) is 1. The van der Waals surface area contributed by atoms with Gasteiger partial charge in [-0.15, -0.1) is 0 Å². The molecule has 0 aromatic heterocycles. The van der Waals surface area contributed by atoms with Crippen molar-refractivity contribution >= 4 is 15.9 Å². The van der Waals surface area contributed by atoms with Gasteiger partial charge in [0.2, 0.25) is 0 Å². The second-order valence-corrected chi connectivity index (χ2v) is 4.74. The molecule has 15 heavy (non-hydrogen) atoms. The van der Waals surface area contributed by atoms with Crippen molar-refractivity contribution in [2.45, 2.75) is 25.3 Å². The van der Waals surface area contributed by atoms with Crippen molar-refractivity contribution in [3.8, 4) is 5.75 Å². The largest absolute Gasteiger partial charge is 0.505 e. The van der Waals surface area contributed by atoms with Crippen molar-refractivity contribution in [2.75, 3.05) is 6.54 Å². The highest BCUT2D eigenvalue weighted by atomic mass is 79.9. The van der Waals surface area contributed by atoms with Crippen molar-refractivity contribution in [1.29, 1.82) is 0 Å². The quantitative estimate of drug-likeness (QED) is 0.824. The molecule has 82 valence electrons. The minimum Gasteiger partial charge on any atom is -0.505 e. The van der Waals surface area contributed by atoms with Gasteiger partial charge >= 0.3 is 0 Å². The lowest BCUT2D eigenvalue weighted by Gasteiger charge is -2.24. The molecule has 1 aliphatic rings. The van der Waals surface area contributed by atoms with E-state index in [9.17, 15) is 9.50 Å². The summed E-state index contributed by atoms with van der Waals surface area (Å²) in [7, 11) is 0. The SMILES string of the molecule is Oc1c(F)cc(Br)cc1C1CCCCN1. The van der Waals surface area contributed by atoms with Gasteiger partial charge in [-0.25, -0.2) is 4.39 Å². The summed E-state index contributed by atoms with van der Waals surface area (Å²) in [6, 6.07) is 3.13. The van der Waals surface area contributed by atoms with E-state index in [0.29, 0.717) is 10.0 Å². The number of hydrogen-bond acceptors (Lipinski definition) is 2. The summed E-state index contributed by atoms with van der Waals surface area (Å²) in [6.45, 7) is 0.929. The molecule has 0 amide bonds. The fourth-order valence-electron chi connectivity index (χ4n) is 1.97. The highest BCUT2D eigenvalue weighted by Gasteiger charge is 2.20. The van der Waals surface area contributed by atoms with Crippen LogP contribution in [0.5, 0.6) is 5.75 Å². The first-order valence-electron chi connectivity index (χ1n) is 5.10. The van der Waals surface area contributed by atoms with Crippen LogP contribution in [0.15, 0.2) is 16.6 Å². The van der Waals surface area contributed by atoms with Crippen LogP contribution in [0.3, 0.4) is 0 Å². The van der Waals surface area contributed by atoms with E-state index >= 15 is 0 Å². The van der Waals surface area contributed by atoms with Crippen LogP contribution < -0.4 is 5.32 Å². The van der Waals surface area contributed by atoms with Gasteiger partial charge in [0.25, 0.3) is 0 Å². The number of hydrogen-bond donors (Lipinski definition) is 2. The maximum atomic E-state index is 13.3. The Morgan fingerprint density at radius 2 is 2.20 bits per heavy atom. The number of halogens is 2. The molecular weight excluding hydrogens is 261 g/mol. The molecule has 1 saturated heterocycles. The van der Waals surface area contributed by atoms with Crippen LogP contribution in [0.1, 0.15) is 30.9 Å². The van der Waals surface area contributed by atoms with E-state index in [2.05, 4.69) is 21.2 Å². The molecular formula is C11H13BrFNO. The molecule has 1 fully saturated rings. The molecule has 2 rings (SSSR count). The summed E-state index contributed by atoms with van der Waals surface area (Å²) in [5, 5.41) is 12.9. The summed E-state index contributed by atoms with van der Waals surface area (Å²) in [4.78, 5) is 0. The molecule has 1 aliphatic heterocycles. The average molecular weight is 274 g/mol. The topological polar surface area (TPSA) is 32.3 Å². The minimum absolute atomic E-state index is 0.0748. The van der Waals surface area contributed by atoms with Gasteiger partial charge in [0, 0.05) is 16.1 Å². The third-order valence-electron chi connectivity index (χ3n) is 2.74. The van der Waals surface area contributed by atoms with Crippen molar-refractivity contribution in [2.24, 2.45) is 0 Å². The molecule has 1 aromatic carbocycles. The molecule has 1 heterocycles. The Morgan fingerprint density at radius 1 is 1.40 bits per heavy atom. The zero-order valence-corrected chi connectivity index (χ0v) is 9.85. The predicted molar refractivity (Wildman–Crippen MR) is 60.4 cm³/mol. The molecule has 2 nitrogen and oxygen atoms in total. The first kappa shape index (κ1) is 10.9. The fraction of sp³-hybridized carbons (Fsp3) is 0.455. The zero-order valence-electron chi connectivity index (χ0n) is 8.26. The van der Waals surface area contributed by atoms with Gasteiger partial charge in [-0.2, -0.15) is 0 Å². The highest BCUT2D eigenvalue weighted by Crippen LogP contribution is 2.34. The molecule has 0 spiro atoms. The second kappa shape index (κ2) is 4.49. The standard InChI is InChI=1S/C11H13BrFNO/c12-7-5-8(11(15)9(13)6-7)10-3-1-2-4-14-10/h5-6,10,14-15H,1-4H2.